The van der Waals surface area contributed by atoms with E-state index in [1.54, 1.807) is 4.90 Å². The summed E-state index contributed by atoms with van der Waals surface area (Å²) in [5, 5.41) is 0. The Balaban J connectivity index is 2.21. The van der Waals surface area contributed by atoms with Gasteiger partial charge in [-0.1, -0.05) is 13.8 Å². The number of likely N-dealkylation sites (tertiary alicyclic amines) is 1. The Morgan fingerprint density at radius 2 is 1.90 bits per heavy atom. The van der Waals surface area contributed by atoms with Crippen molar-refractivity contribution in [1.29, 1.82) is 0 Å². The summed E-state index contributed by atoms with van der Waals surface area (Å²) < 4.78 is 27.2. The average molecular weight is 283 g/mol. The predicted octanol–water partition coefficient (Wildman–Crippen LogP) is 2.37. The summed E-state index contributed by atoms with van der Waals surface area (Å²) in [7, 11) is 0. The van der Waals surface area contributed by atoms with Crippen LogP contribution in [0.3, 0.4) is 0 Å². The minimum Gasteiger partial charge on any atom is -0.338 e. The number of hydrazine groups is 1. The molecule has 1 aliphatic rings. The lowest BCUT2D eigenvalue weighted by Crippen LogP contribution is -2.42. The van der Waals surface area contributed by atoms with E-state index in [9.17, 15) is 13.6 Å². The normalized spacial score (nSPS) is 22.8. The third-order valence-corrected chi connectivity index (χ3v) is 4.05. The number of nitrogens with two attached hydrogens (primary N) is 1. The van der Waals surface area contributed by atoms with Crippen molar-refractivity contribution in [3.63, 3.8) is 0 Å². The summed E-state index contributed by atoms with van der Waals surface area (Å²) in [6.07, 6.45) is 0.903. The number of rotatable bonds is 2. The van der Waals surface area contributed by atoms with Crippen molar-refractivity contribution in [3.05, 3.63) is 29.3 Å². The summed E-state index contributed by atoms with van der Waals surface area (Å²) in [5.41, 5.74) is 1.53. The van der Waals surface area contributed by atoms with Crippen LogP contribution < -0.4 is 11.3 Å². The summed E-state index contributed by atoms with van der Waals surface area (Å²) in [6.45, 7) is 5.45. The van der Waals surface area contributed by atoms with Crippen LogP contribution >= 0.6 is 0 Å². The van der Waals surface area contributed by atoms with Crippen molar-refractivity contribution in [2.45, 2.75) is 20.3 Å². The van der Waals surface area contributed by atoms with Gasteiger partial charge in [-0.3, -0.25) is 10.6 Å². The molecule has 0 aliphatic carbocycles. The van der Waals surface area contributed by atoms with E-state index in [4.69, 9.17) is 5.84 Å². The first kappa shape index (κ1) is 14.7. The number of benzene rings is 1. The largest absolute Gasteiger partial charge is 0.338 e. The minimum absolute atomic E-state index is 0.0146. The smallest absolute Gasteiger partial charge is 0.254 e. The first-order chi connectivity index (χ1) is 9.43. The van der Waals surface area contributed by atoms with E-state index in [1.165, 1.54) is 0 Å². The highest BCUT2D eigenvalue weighted by Gasteiger charge is 2.27. The number of anilines is 1. The van der Waals surface area contributed by atoms with Gasteiger partial charge < -0.3 is 10.3 Å². The number of nitrogens with zero attached hydrogens (tertiary/aromatic N) is 1. The van der Waals surface area contributed by atoms with Gasteiger partial charge in [0, 0.05) is 18.7 Å². The predicted molar refractivity (Wildman–Crippen MR) is 73.0 cm³/mol. The van der Waals surface area contributed by atoms with Gasteiger partial charge in [0.1, 0.15) is 5.69 Å². The van der Waals surface area contributed by atoms with Crippen LogP contribution in [0.25, 0.3) is 0 Å². The molecule has 110 valence electrons. The molecule has 0 bridgehead atoms. The maximum absolute atomic E-state index is 13.6. The van der Waals surface area contributed by atoms with E-state index >= 15 is 0 Å². The van der Waals surface area contributed by atoms with Gasteiger partial charge >= 0.3 is 0 Å². The maximum Gasteiger partial charge on any atom is 0.254 e. The van der Waals surface area contributed by atoms with Crippen molar-refractivity contribution >= 4 is 11.6 Å². The van der Waals surface area contributed by atoms with Crippen LogP contribution in [-0.4, -0.2) is 23.9 Å². The molecule has 1 fully saturated rings. The molecule has 20 heavy (non-hydrogen) atoms. The fraction of sp³-hybridized carbons (Fsp3) is 0.500. The van der Waals surface area contributed by atoms with E-state index in [2.05, 4.69) is 13.8 Å². The number of carbonyl (C=O) groups is 1. The molecule has 0 aromatic heterocycles. The van der Waals surface area contributed by atoms with Gasteiger partial charge in [0.25, 0.3) is 5.91 Å². The topological polar surface area (TPSA) is 58.4 Å². The summed E-state index contributed by atoms with van der Waals surface area (Å²) in [6, 6.07) is 2.03. The molecular formula is C14H19F2N3O. The van der Waals surface area contributed by atoms with Crippen LogP contribution in [0.2, 0.25) is 0 Å². The number of hydrogen-bond donors (Lipinski definition) is 2. The van der Waals surface area contributed by atoms with Crippen LogP contribution in [0.15, 0.2) is 12.1 Å². The average Bonchev–Trinajstić information content (AvgIpc) is 2.40. The Bertz CT molecular complexity index is 498. The van der Waals surface area contributed by atoms with Crippen molar-refractivity contribution in [3.8, 4) is 0 Å². The van der Waals surface area contributed by atoms with Crippen LogP contribution in [0.4, 0.5) is 14.5 Å². The summed E-state index contributed by atoms with van der Waals surface area (Å²) in [5.74, 6) is 3.89. The molecule has 0 spiro atoms. The Hall–Kier alpha value is -1.69. The number of hydrogen-bond acceptors (Lipinski definition) is 3. The SMILES string of the molecule is CC1CCN(C(=O)c2cc(F)c(NN)c(F)c2)CC1C. The van der Waals surface area contributed by atoms with Crippen LogP contribution in [-0.2, 0) is 0 Å². The fourth-order valence-corrected chi connectivity index (χ4v) is 2.46. The van der Waals surface area contributed by atoms with Gasteiger partial charge in [-0.05, 0) is 30.4 Å². The lowest BCUT2D eigenvalue weighted by atomic mass is 9.88. The monoisotopic (exact) mass is 283 g/mol. The van der Waals surface area contributed by atoms with Gasteiger partial charge in [-0.2, -0.15) is 0 Å². The van der Waals surface area contributed by atoms with Crippen molar-refractivity contribution in [1.82, 2.24) is 4.90 Å². The Morgan fingerprint density at radius 1 is 1.30 bits per heavy atom. The molecule has 1 heterocycles. The van der Waals surface area contributed by atoms with Crippen molar-refractivity contribution < 1.29 is 13.6 Å². The third-order valence-electron chi connectivity index (χ3n) is 4.05. The Morgan fingerprint density at radius 3 is 2.40 bits per heavy atom. The number of halogens is 2. The van der Waals surface area contributed by atoms with E-state index in [0.29, 0.717) is 24.9 Å². The van der Waals surface area contributed by atoms with E-state index in [-0.39, 0.29) is 11.5 Å². The number of carbonyl (C=O) groups excluding carboxylic acids is 1. The molecule has 2 unspecified atom stereocenters. The number of nitrogens with one attached hydrogen (secondary N) is 1. The molecule has 0 saturated carbocycles. The first-order valence-electron chi connectivity index (χ1n) is 6.69. The molecule has 1 aromatic carbocycles. The lowest BCUT2D eigenvalue weighted by molar-refractivity contribution is 0.0626. The molecule has 3 N–H and O–H groups in total. The number of piperidine rings is 1. The van der Waals surface area contributed by atoms with Crippen LogP contribution in [0.5, 0.6) is 0 Å². The molecule has 1 amide bonds. The molecule has 2 atom stereocenters. The highest BCUT2D eigenvalue weighted by atomic mass is 19.1. The van der Waals surface area contributed by atoms with Gasteiger partial charge in [-0.25, -0.2) is 8.78 Å². The number of amides is 1. The van der Waals surface area contributed by atoms with E-state index in [1.807, 2.05) is 5.43 Å². The fourth-order valence-electron chi connectivity index (χ4n) is 2.46. The van der Waals surface area contributed by atoms with Crippen LogP contribution in [0, 0.1) is 23.5 Å². The van der Waals surface area contributed by atoms with Gasteiger partial charge in [0.05, 0.1) is 0 Å². The molecule has 4 nitrogen and oxygen atoms in total. The van der Waals surface area contributed by atoms with E-state index in [0.717, 1.165) is 18.6 Å². The molecule has 1 aliphatic heterocycles. The Kier molecular flexibility index (Phi) is 4.23. The second-order valence-corrected chi connectivity index (χ2v) is 5.45. The molecular weight excluding hydrogens is 264 g/mol. The molecule has 0 radical (unpaired) electrons. The quantitative estimate of drug-likeness (QED) is 0.647. The zero-order chi connectivity index (χ0) is 14.9. The zero-order valence-corrected chi connectivity index (χ0v) is 11.6. The maximum atomic E-state index is 13.6. The second-order valence-electron chi connectivity index (χ2n) is 5.45. The summed E-state index contributed by atoms with van der Waals surface area (Å²) in [4.78, 5) is 13.9. The molecule has 1 saturated heterocycles. The van der Waals surface area contributed by atoms with Gasteiger partial charge in [0.15, 0.2) is 11.6 Å². The first-order valence-corrected chi connectivity index (χ1v) is 6.69. The van der Waals surface area contributed by atoms with Gasteiger partial charge in [0.2, 0.25) is 0 Å². The third kappa shape index (κ3) is 2.75. The van der Waals surface area contributed by atoms with Crippen molar-refractivity contribution in [2.75, 3.05) is 18.5 Å². The Labute approximate surface area is 116 Å². The zero-order valence-electron chi connectivity index (χ0n) is 11.6. The second kappa shape index (κ2) is 5.75. The molecule has 6 heteroatoms. The molecule has 2 rings (SSSR count). The van der Waals surface area contributed by atoms with E-state index < -0.39 is 17.3 Å². The van der Waals surface area contributed by atoms with Crippen LogP contribution in [0.1, 0.15) is 30.6 Å². The highest BCUT2D eigenvalue weighted by Crippen LogP contribution is 2.25. The van der Waals surface area contributed by atoms with Crippen molar-refractivity contribution in [2.24, 2.45) is 17.7 Å². The standard InChI is InChI=1S/C14H19F2N3O/c1-8-3-4-19(7-9(8)2)14(20)10-5-11(15)13(18-17)12(16)6-10/h5-6,8-9,18H,3-4,7,17H2,1-2H3. The minimum atomic E-state index is -0.866. The number of nitrogen functional groups attached to an aromatic ring is 1. The lowest BCUT2D eigenvalue weighted by Gasteiger charge is -2.35. The summed E-state index contributed by atoms with van der Waals surface area (Å²) >= 11 is 0. The van der Waals surface area contributed by atoms with Gasteiger partial charge in [-0.15, -0.1) is 0 Å². The molecule has 1 aromatic rings. The highest BCUT2D eigenvalue weighted by molar-refractivity contribution is 5.94.